The van der Waals surface area contributed by atoms with Crippen molar-refractivity contribution in [2.24, 2.45) is 0 Å². The third kappa shape index (κ3) is 5.88. The lowest BCUT2D eigenvalue weighted by Crippen LogP contribution is -2.51. The van der Waals surface area contributed by atoms with Crippen LogP contribution in [-0.2, 0) is 20.9 Å². The first-order valence-corrected chi connectivity index (χ1v) is 11.5. The fraction of sp³-hybridized carbons (Fsp3) is 0.286. The van der Waals surface area contributed by atoms with E-state index in [9.17, 15) is 9.59 Å². The van der Waals surface area contributed by atoms with Gasteiger partial charge in [0.1, 0.15) is 5.92 Å². The minimum atomic E-state index is -0.826. The van der Waals surface area contributed by atoms with Crippen LogP contribution in [0.4, 0.5) is 0 Å². The van der Waals surface area contributed by atoms with Gasteiger partial charge in [-0.25, -0.2) is 0 Å². The van der Waals surface area contributed by atoms with Crippen molar-refractivity contribution in [1.82, 2.24) is 9.80 Å². The number of ether oxygens (including phenoxy) is 1. The van der Waals surface area contributed by atoms with E-state index in [-0.39, 0.29) is 5.91 Å². The fourth-order valence-corrected chi connectivity index (χ4v) is 4.27. The molecule has 5 nitrogen and oxygen atoms in total. The highest BCUT2D eigenvalue weighted by molar-refractivity contribution is 5.87. The molecule has 1 atom stereocenters. The number of hydrogen-bond donors (Lipinski definition) is 0. The van der Waals surface area contributed by atoms with Gasteiger partial charge < -0.3 is 9.64 Å². The molecule has 0 spiro atoms. The lowest BCUT2D eigenvalue weighted by atomic mass is 9.91. The van der Waals surface area contributed by atoms with E-state index in [4.69, 9.17) is 4.74 Å². The van der Waals surface area contributed by atoms with Crippen LogP contribution in [0.25, 0.3) is 0 Å². The highest BCUT2D eigenvalue weighted by atomic mass is 16.5. The van der Waals surface area contributed by atoms with Gasteiger partial charge >= 0.3 is 5.97 Å². The lowest BCUT2D eigenvalue weighted by molar-refractivity contribution is -0.160. The number of benzene rings is 3. The van der Waals surface area contributed by atoms with E-state index < -0.39 is 18.0 Å². The summed E-state index contributed by atoms with van der Waals surface area (Å²) in [6, 6.07) is 29.5. The number of amides is 1. The molecule has 1 fully saturated rings. The standard InChI is InChI=1S/C28H30N2O3/c1-22(27(31)30-19-17-29(18-20-30)21-23-11-5-2-6-12-23)33-28(32)26(24-13-7-3-8-14-24)25-15-9-4-10-16-25/h2-16,22,26H,17-21H2,1H3. The summed E-state index contributed by atoms with van der Waals surface area (Å²) in [6.07, 6.45) is -0.826. The molecule has 0 saturated carbocycles. The van der Waals surface area contributed by atoms with E-state index in [1.165, 1.54) is 5.56 Å². The van der Waals surface area contributed by atoms with Crippen LogP contribution < -0.4 is 0 Å². The number of carbonyl (C=O) groups is 2. The van der Waals surface area contributed by atoms with E-state index in [0.29, 0.717) is 13.1 Å². The summed E-state index contributed by atoms with van der Waals surface area (Å²) in [5.41, 5.74) is 2.97. The molecule has 1 unspecified atom stereocenters. The average molecular weight is 443 g/mol. The lowest BCUT2D eigenvalue weighted by Gasteiger charge is -2.36. The Morgan fingerprint density at radius 1 is 0.758 bits per heavy atom. The van der Waals surface area contributed by atoms with Crippen LogP contribution >= 0.6 is 0 Å². The van der Waals surface area contributed by atoms with Crippen molar-refractivity contribution in [3.05, 3.63) is 108 Å². The molecule has 33 heavy (non-hydrogen) atoms. The second-order valence-electron chi connectivity index (χ2n) is 8.42. The maximum atomic E-state index is 13.2. The van der Waals surface area contributed by atoms with Crippen molar-refractivity contribution in [3.63, 3.8) is 0 Å². The molecule has 1 saturated heterocycles. The molecule has 1 aliphatic rings. The highest BCUT2D eigenvalue weighted by Crippen LogP contribution is 2.26. The van der Waals surface area contributed by atoms with Gasteiger partial charge in [0.05, 0.1) is 0 Å². The third-order valence-corrected chi connectivity index (χ3v) is 6.08. The number of hydrogen-bond acceptors (Lipinski definition) is 4. The van der Waals surface area contributed by atoms with Crippen molar-refractivity contribution >= 4 is 11.9 Å². The molecule has 0 N–H and O–H groups in total. The number of nitrogens with zero attached hydrogens (tertiary/aromatic N) is 2. The molecule has 170 valence electrons. The van der Waals surface area contributed by atoms with Crippen molar-refractivity contribution in [2.75, 3.05) is 26.2 Å². The highest BCUT2D eigenvalue weighted by Gasteiger charge is 2.31. The summed E-state index contributed by atoms with van der Waals surface area (Å²) in [7, 11) is 0. The van der Waals surface area contributed by atoms with Gasteiger partial charge in [-0.1, -0.05) is 91.0 Å². The number of esters is 1. The molecule has 1 amide bonds. The van der Waals surface area contributed by atoms with Gasteiger partial charge in [0.2, 0.25) is 0 Å². The van der Waals surface area contributed by atoms with Gasteiger partial charge in [0.15, 0.2) is 6.10 Å². The van der Waals surface area contributed by atoms with Crippen molar-refractivity contribution < 1.29 is 14.3 Å². The first kappa shape index (κ1) is 22.7. The molecule has 0 aliphatic carbocycles. The Morgan fingerprint density at radius 3 is 1.76 bits per heavy atom. The summed E-state index contributed by atoms with van der Waals surface area (Å²) < 4.78 is 5.72. The Kier molecular flexibility index (Phi) is 7.53. The van der Waals surface area contributed by atoms with Gasteiger partial charge in [-0.3, -0.25) is 14.5 Å². The Balaban J connectivity index is 1.36. The molecule has 0 radical (unpaired) electrons. The maximum absolute atomic E-state index is 13.2. The normalized spacial score (nSPS) is 15.3. The smallest absolute Gasteiger partial charge is 0.318 e. The largest absolute Gasteiger partial charge is 0.452 e. The molecule has 0 aromatic heterocycles. The molecule has 0 bridgehead atoms. The molecule has 3 aromatic carbocycles. The zero-order chi connectivity index (χ0) is 23.0. The minimum Gasteiger partial charge on any atom is -0.452 e. The summed E-state index contributed by atoms with van der Waals surface area (Å²) in [5.74, 6) is -1.11. The average Bonchev–Trinajstić information content (AvgIpc) is 2.86. The Hall–Kier alpha value is -3.44. The molecule has 4 rings (SSSR count). The Labute approximate surface area is 195 Å². The van der Waals surface area contributed by atoms with Crippen molar-refractivity contribution in [3.8, 4) is 0 Å². The van der Waals surface area contributed by atoms with Gasteiger partial charge in [-0.05, 0) is 23.6 Å². The monoisotopic (exact) mass is 442 g/mol. The molecule has 3 aromatic rings. The van der Waals surface area contributed by atoms with Crippen LogP contribution in [0.2, 0.25) is 0 Å². The number of carbonyl (C=O) groups excluding carboxylic acids is 2. The second kappa shape index (κ2) is 10.9. The SMILES string of the molecule is CC(OC(=O)C(c1ccccc1)c1ccccc1)C(=O)N1CCN(Cc2ccccc2)CC1. The molecular weight excluding hydrogens is 412 g/mol. The van der Waals surface area contributed by atoms with Gasteiger partial charge in [0.25, 0.3) is 5.91 Å². The predicted octanol–water partition coefficient (Wildman–Crippen LogP) is 4.09. The zero-order valence-electron chi connectivity index (χ0n) is 19.0. The van der Waals surface area contributed by atoms with E-state index >= 15 is 0 Å². The van der Waals surface area contributed by atoms with Crippen LogP contribution in [0.5, 0.6) is 0 Å². The van der Waals surface area contributed by atoms with E-state index in [2.05, 4.69) is 17.0 Å². The van der Waals surface area contributed by atoms with Crippen LogP contribution in [0.3, 0.4) is 0 Å². The first-order valence-electron chi connectivity index (χ1n) is 11.5. The van der Waals surface area contributed by atoms with Crippen LogP contribution in [0.15, 0.2) is 91.0 Å². The molecular formula is C28H30N2O3. The van der Waals surface area contributed by atoms with E-state index in [1.807, 2.05) is 78.9 Å². The summed E-state index contributed by atoms with van der Waals surface area (Å²) >= 11 is 0. The molecule has 1 heterocycles. The fourth-order valence-electron chi connectivity index (χ4n) is 4.27. The Bertz CT molecular complexity index is 993. The van der Waals surface area contributed by atoms with Crippen molar-refractivity contribution in [2.45, 2.75) is 25.5 Å². The summed E-state index contributed by atoms with van der Waals surface area (Å²) in [6.45, 7) is 5.42. The Morgan fingerprint density at radius 2 is 1.24 bits per heavy atom. The third-order valence-electron chi connectivity index (χ3n) is 6.08. The van der Waals surface area contributed by atoms with Crippen LogP contribution in [-0.4, -0.2) is 54.0 Å². The predicted molar refractivity (Wildman–Crippen MR) is 129 cm³/mol. The minimum absolute atomic E-state index is 0.136. The second-order valence-corrected chi connectivity index (χ2v) is 8.42. The summed E-state index contributed by atoms with van der Waals surface area (Å²) in [5, 5.41) is 0. The van der Waals surface area contributed by atoms with Gasteiger partial charge in [0, 0.05) is 32.7 Å². The first-order chi connectivity index (χ1) is 16.1. The quantitative estimate of drug-likeness (QED) is 0.517. The van der Waals surface area contributed by atoms with Gasteiger partial charge in [-0.15, -0.1) is 0 Å². The molecule has 5 heteroatoms. The van der Waals surface area contributed by atoms with E-state index in [0.717, 1.165) is 30.8 Å². The number of piperazine rings is 1. The number of rotatable bonds is 7. The zero-order valence-corrected chi connectivity index (χ0v) is 19.0. The topological polar surface area (TPSA) is 49.9 Å². The van der Waals surface area contributed by atoms with Gasteiger partial charge in [-0.2, -0.15) is 0 Å². The van der Waals surface area contributed by atoms with E-state index in [1.54, 1.807) is 11.8 Å². The summed E-state index contributed by atoms with van der Waals surface area (Å²) in [4.78, 5) is 30.4. The van der Waals surface area contributed by atoms with Crippen LogP contribution in [0.1, 0.15) is 29.5 Å². The molecule has 1 aliphatic heterocycles. The van der Waals surface area contributed by atoms with Crippen molar-refractivity contribution in [1.29, 1.82) is 0 Å². The van der Waals surface area contributed by atoms with Crippen LogP contribution in [0, 0.1) is 0 Å². The maximum Gasteiger partial charge on any atom is 0.318 e.